The summed E-state index contributed by atoms with van der Waals surface area (Å²) < 4.78 is 12.3. The Morgan fingerprint density at radius 3 is 1.83 bits per heavy atom. The summed E-state index contributed by atoms with van der Waals surface area (Å²) >= 11 is 0. The molecule has 138 valence electrons. The lowest BCUT2D eigenvalue weighted by Crippen LogP contribution is -1.85. The molecular formula is C25H16N2O2. The van der Waals surface area contributed by atoms with Crippen LogP contribution in [0.5, 0.6) is 11.5 Å². The molecule has 0 aliphatic heterocycles. The third kappa shape index (κ3) is 3.88. The van der Waals surface area contributed by atoms with Gasteiger partial charge in [0.25, 0.3) is 0 Å². The van der Waals surface area contributed by atoms with Crippen molar-refractivity contribution in [1.82, 2.24) is 0 Å². The molecule has 4 rings (SSSR count). The Morgan fingerprint density at radius 1 is 0.724 bits per heavy atom. The highest BCUT2D eigenvalue weighted by molar-refractivity contribution is 5.72. The Hall–Kier alpha value is -4.28. The van der Waals surface area contributed by atoms with Crippen LogP contribution in [-0.2, 0) is 0 Å². The number of aryl methyl sites for hydroxylation is 1. The highest BCUT2D eigenvalue weighted by Crippen LogP contribution is 2.40. The molecule has 0 unspecified atom stereocenters. The molecule has 0 bridgehead atoms. The van der Waals surface area contributed by atoms with Gasteiger partial charge in [0.15, 0.2) is 11.5 Å². The first kappa shape index (κ1) is 18.1. The van der Waals surface area contributed by atoms with Crippen molar-refractivity contribution in [2.75, 3.05) is 0 Å². The molecule has 0 aliphatic rings. The molecule has 0 saturated heterocycles. The van der Waals surface area contributed by atoms with Crippen molar-refractivity contribution in [2.24, 2.45) is 0 Å². The van der Waals surface area contributed by atoms with Gasteiger partial charge in [-0.25, -0.2) is 0 Å². The van der Waals surface area contributed by atoms with Crippen LogP contribution in [0.1, 0.15) is 16.7 Å². The molecule has 0 aliphatic carbocycles. The zero-order valence-corrected chi connectivity index (χ0v) is 15.7. The van der Waals surface area contributed by atoms with Crippen LogP contribution in [-0.4, -0.2) is 0 Å². The zero-order valence-electron chi connectivity index (χ0n) is 15.7. The summed E-state index contributed by atoms with van der Waals surface area (Å²) in [5.41, 5.74) is 3.97. The van der Waals surface area contributed by atoms with Gasteiger partial charge in [0.05, 0.1) is 23.3 Å². The molecule has 0 saturated carbocycles. The monoisotopic (exact) mass is 376 g/mol. The second-order valence-corrected chi connectivity index (χ2v) is 6.60. The highest BCUT2D eigenvalue weighted by Gasteiger charge is 2.17. The van der Waals surface area contributed by atoms with Crippen LogP contribution >= 0.6 is 0 Å². The van der Waals surface area contributed by atoms with Crippen molar-refractivity contribution in [2.45, 2.75) is 6.92 Å². The second kappa shape index (κ2) is 7.76. The number of furan rings is 1. The summed E-state index contributed by atoms with van der Waals surface area (Å²) in [6.45, 7) is 2.02. The van der Waals surface area contributed by atoms with Crippen LogP contribution in [0, 0.1) is 29.6 Å². The van der Waals surface area contributed by atoms with E-state index in [0.29, 0.717) is 34.1 Å². The molecule has 1 aromatic heterocycles. The van der Waals surface area contributed by atoms with Gasteiger partial charge in [0.2, 0.25) is 0 Å². The first-order chi connectivity index (χ1) is 14.2. The van der Waals surface area contributed by atoms with Gasteiger partial charge in [-0.15, -0.1) is 0 Å². The van der Waals surface area contributed by atoms with E-state index in [9.17, 15) is 0 Å². The summed E-state index contributed by atoms with van der Waals surface area (Å²) in [6.07, 6.45) is 0. The largest absolute Gasteiger partial charge is 0.453 e. The number of benzene rings is 3. The zero-order chi connectivity index (χ0) is 20.2. The molecule has 0 fully saturated rings. The van der Waals surface area contributed by atoms with Gasteiger partial charge < -0.3 is 9.15 Å². The van der Waals surface area contributed by atoms with Gasteiger partial charge >= 0.3 is 0 Å². The van der Waals surface area contributed by atoms with E-state index in [4.69, 9.17) is 19.7 Å². The van der Waals surface area contributed by atoms with Crippen molar-refractivity contribution in [1.29, 1.82) is 10.5 Å². The minimum atomic E-state index is 0.577. The maximum atomic E-state index is 9.05. The number of rotatable bonds is 4. The van der Waals surface area contributed by atoms with Gasteiger partial charge in [0, 0.05) is 17.2 Å². The lowest BCUT2D eigenvalue weighted by atomic mass is 10.1. The van der Waals surface area contributed by atoms with Crippen molar-refractivity contribution < 1.29 is 9.15 Å². The fourth-order valence-corrected chi connectivity index (χ4v) is 2.93. The molecule has 0 N–H and O–H groups in total. The smallest absolute Gasteiger partial charge is 0.177 e. The van der Waals surface area contributed by atoms with Crippen molar-refractivity contribution in [3.05, 3.63) is 95.6 Å². The predicted octanol–water partition coefficient (Wildman–Crippen LogP) is 6.46. The Balaban J connectivity index is 1.77. The van der Waals surface area contributed by atoms with Crippen LogP contribution in [0.15, 0.2) is 83.3 Å². The Kier molecular flexibility index (Phi) is 4.84. The number of nitrogens with zero attached hydrogens (tertiary/aromatic N) is 2. The normalized spacial score (nSPS) is 10.2. The topological polar surface area (TPSA) is 69.9 Å². The van der Waals surface area contributed by atoms with Crippen LogP contribution in [0.4, 0.5) is 0 Å². The minimum Gasteiger partial charge on any atom is -0.453 e. The van der Waals surface area contributed by atoms with Crippen LogP contribution in [0.3, 0.4) is 0 Å². The van der Waals surface area contributed by atoms with E-state index in [0.717, 1.165) is 16.7 Å². The molecule has 4 nitrogen and oxygen atoms in total. The maximum Gasteiger partial charge on any atom is 0.177 e. The van der Waals surface area contributed by atoms with Crippen LogP contribution < -0.4 is 4.74 Å². The summed E-state index contributed by atoms with van der Waals surface area (Å²) in [5.74, 6) is 2.50. The highest BCUT2D eigenvalue weighted by atomic mass is 16.5. The number of hydrogen-bond acceptors (Lipinski definition) is 4. The van der Waals surface area contributed by atoms with E-state index in [-0.39, 0.29) is 0 Å². The van der Waals surface area contributed by atoms with E-state index in [1.807, 2.05) is 61.5 Å². The lowest BCUT2D eigenvalue weighted by molar-refractivity contribution is 0.473. The minimum absolute atomic E-state index is 0.577. The van der Waals surface area contributed by atoms with Gasteiger partial charge in [-0.3, -0.25) is 0 Å². The Labute approximate surface area is 168 Å². The Bertz CT molecular complexity index is 1220. The van der Waals surface area contributed by atoms with E-state index in [1.165, 1.54) is 0 Å². The second-order valence-electron chi connectivity index (χ2n) is 6.60. The molecule has 3 aromatic carbocycles. The van der Waals surface area contributed by atoms with Crippen molar-refractivity contribution in [3.63, 3.8) is 0 Å². The van der Waals surface area contributed by atoms with Gasteiger partial charge in [-0.1, -0.05) is 17.7 Å². The molecule has 0 amide bonds. The molecule has 0 spiro atoms. The predicted molar refractivity (Wildman–Crippen MR) is 110 cm³/mol. The molecule has 0 atom stereocenters. The van der Waals surface area contributed by atoms with Crippen molar-refractivity contribution >= 4 is 0 Å². The van der Waals surface area contributed by atoms with Crippen LogP contribution in [0.2, 0.25) is 0 Å². The molecule has 29 heavy (non-hydrogen) atoms. The summed E-state index contributed by atoms with van der Waals surface area (Å²) in [6, 6.07) is 28.2. The third-order valence-corrected chi connectivity index (χ3v) is 4.52. The van der Waals surface area contributed by atoms with Gasteiger partial charge in [0.1, 0.15) is 11.5 Å². The molecular weight excluding hydrogens is 360 g/mol. The van der Waals surface area contributed by atoms with E-state index in [2.05, 4.69) is 12.1 Å². The number of hydrogen-bond donors (Lipinski definition) is 0. The average molecular weight is 376 g/mol. The Morgan fingerprint density at radius 2 is 1.28 bits per heavy atom. The standard InChI is InChI=1S/C25H16N2O2/c1-17-2-12-22(13-3-17)28-24-14-23(20-8-4-18(15-26)5-9-20)29-25(24)21-10-6-19(16-27)7-11-21/h2-14H,1H3. The van der Waals surface area contributed by atoms with Crippen LogP contribution in [0.25, 0.3) is 22.6 Å². The van der Waals surface area contributed by atoms with Gasteiger partial charge in [-0.05, 0) is 67.6 Å². The van der Waals surface area contributed by atoms with E-state index < -0.39 is 0 Å². The fourth-order valence-electron chi connectivity index (χ4n) is 2.93. The molecule has 4 heteroatoms. The summed E-state index contributed by atoms with van der Waals surface area (Å²) in [7, 11) is 0. The maximum absolute atomic E-state index is 9.05. The SMILES string of the molecule is Cc1ccc(Oc2cc(-c3ccc(C#N)cc3)oc2-c2ccc(C#N)cc2)cc1. The fraction of sp³-hybridized carbons (Fsp3) is 0.0400. The van der Waals surface area contributed by atoms with Gasteiger partial charge in [-0.2, -0.15) is 10.5 Å². The molecule has 1 heterocycles. The van der Waals surface area contributed by atoms with E-state index >= 15 is 0 Å². The lowest BCUT2D eigenvalue weighted by Gasteiger charge is -2.06. The first-order valence-corrected chi connectivity index (χ1v) is 9.06. The summed E-state index contributed by atoms with van der Waals surface area (Å²) in [5, 5.41) is 18.1. The number of nitriles is 2. The van der Waals surface area contributed by atoms with E-state index in [1.54, 1.807) is 24.3 Å². The molecule has 0 radical (unpaired) electrons. The van der Waals surface area contributed by atoms with Crippen molar-refractivity contribution in [3.8, 4) is 46.3 Å². The summed E-state index contributed by atoms with van der Waals surface area (Å²) in [4.78, 5) is 0. The quantitative estimate of drug-likeness (QED) is 0.410. The average Bonchev–Trinajstić information content (AvgIpc) is 3.19. The first-order valence-electron chi connectivity index (χ1n) is 9.06. The third-order valence-electron chi connectivity index (χ3n) is 4.52. The molecule has 4 aromatic rings. The number of ether oxygens (including phenoxy) is 1.